The van der Waals surface area contributed by atoms with E-state index >= 15 is 0 Å². The molecule has 1 heterocycles. The lowest BCUT2D eigenvalue weighted by Gasteiger charge is -2.22. The van der Waals surface area contributed by atoms with Crippen LogP contribution in [0.2, 0.25) is 0 Å². The van der Waals surface area contributed by atoms with Crippen molar-refractivity contribution >= 4 is 56.8 Å². The first-order valence-corrected chi connectivity index (χ1v) is 10.6. The van der Waals surface area contributed by atoms with Crippen LogP contribution in [0.3, 0.4) is 0 Å². The molecule has 1 amide bonds. The van der Waals surface area contributed by atoms with Crippen molar-refractivity contribution in [2.75, 3.05) is 37.8 Å². The summed E-state index contributed by atoms with van der Waals surface area (Å²) in [6.45, 7) is 3.07. The first kappa shape index (κ1) is 23.5. The zero-order chi connectivity index (χ0) is 20.3. The Hall–Kier alpha value is -1.74. The number of aromatic nitrogens is 1. The number of thioether (sulfide) groups is 1. The van der Waals surface area contributed by atoms with Crippen LogP contribution < -0.4 is 4.90 Å². The van der Waals surface area contributed by atoms with E-state index in [1.807, 2.05) is 31.1 Å². The predicted molar refractivity (Wildman–Crippen MR) is 120 cm³/mol. The van der Waals surface area contributed by atoms with Gasteiger partial charge >= 0.3 is 0 Å². The van der Waals surface area contributed by atoms with Gasteiger partial charge in [0, 0.05) is 29.6 Å². The fourth-order valence-electron chi connectivity index (χ4n) is 2.66. The van der Waals surface area contributed by atoms with E-state index in [4.69, 9.17) is 0 Å². The summed E-state index contributed by atoms with van der Waals surface area (Å²) in [7, 11) is 3.82. The number of hydrogen-bond donors (Lipinski definition) is 0. The van der Waals surface area contributed by atoms with Crippen LogP contribution in [-0.2, 0) is 0 Å². The summed E-state index contributed by atoms with van der Waals surface area (Å²) in [5.41, 5.74) is 0.615. The van der Waals surface area contributed by atoms with Gasteiger partial charge in [-0.25, -0.2) is 13.8 Å². The van der Waals surface area contributed by atoms with Crippen LogP contribution in [0.4, 0.5) is 13.9 Å². The minimum Gasteiger partial charge on any atom is -0.308 e. The number of thiazole rings is 1. The summed E-state index contributed by atoms with van der Waals surface area (Å²) in [6, 6.07) is 9.46. The van der Waals surface area contributed by atoms with Gasteiger partial charge in [0.25, 0.3) is 5.91 Å². The number of anilines is 1. The van der Waals surface area contributed by atoms with Crippen LogP contribution in [0.1, 0.15) is 17.3 Å². The molecule has 0 atom stereocenters. The summed E-state index contributed by atoms with van der Waals surface area (Å²) >= 11 is 2.81. The number of carbonyl (C=O) groups is 1. The van der Waals surface area contributed by atoms with E-state index in [0.717, 1.165) is 28.1 Å². The smallest absolute Gasteiger partial charge is 0.260 e. The van der Waals surface area contributed by atoms with Gasteiger partial charge < -0.3 is 4.90 Å². The Labute approximate surface area is 183 Å². The predicted octanol–water partition coefficient (Wildman–Crippen LogP) is 5.32. The molecule has 4 nitrogen and oxygen atoms in total. The third-order valence-corrected chi connectivity index (χ3v) is 5.98. The van der Waals surface area contributed by atoms with Crippen LogP contribution in [0.5, 0.6) is 0 Å². The molecule has 156 valence electrons. The number of likely N-dealkylation sites (N-methyl/N-ethyl adjacent to an activating group) is 1. The number of amides is 1. The van der Waals surface area contributed by atoms with Crippen molar-refractivity contribution < 1.29 is 13.6 Å². The fraction of sp³-hybridized carbons (Fsp3) is 0.300. The lowest BCUT2D eigenvalue weighted by molar-refractivity contribution is 0.0985. The quantitative estimate of drug-likeness (QED) is 0.450. The van der Waals surface area contributed by atoms with E-state index in [2.05, 4.69) is 11.9 Å². The third kappa shape index (κ3) is 5.66. The Kier molecular flexibility index (Phi) is 8.39. The average Bonchev–Trinajstić information content (AvgIpc) is 3.06. The van der Waals surface area contributed by atoms with Crippen LogP contribution in [0, 0.1) is 11.6 Å². The molecule has 0 aliphatic rings. The number of carbonyl (C=O) groups excluding carboxylic acids is 1. The monoisotopic (exact) mass is 457 g/mol. The lowest BCUT2D eigenvalue weighted by Crippen LogP contribution is -2.36. The Morgan fingerprint density at radius 2 is 1.83 bits per heavy atom. The van der Waals surface area contributed by atoms with Gasteiger partial charge in [-0.05, 0) is 50.2 Å². The second-order valence-electron chi connectivity index (χ2n) is 6.45. The van der Waals surface area contributed by atoms with Crippen molar-refractivity contribution in [3.05, 3.63) is 53.6 Å². The fourth-order valence-corrected chi connectivity index (χ4v) is 4.35. The number of fused-ring (bicyclic) bond motifs is 1. The van der Waals surface area contributed by atoms with E-state index in [0.29, 0.717) is 28.5 Å². The molecule has 0 unspecified atom stereocenters. The SMILES string of the molecule is CCSc1ccc(C(=O)N(CCN(C)C)c2nc3c(F)cc(F)cc3s2)cc1.Cl. The maximum Gasteiger partial charge on any atom is 0.260 e. The van der Waals surface area contributed by atoms with Crippen molar-refractivity contribution in [2.24, 2.45) is 0 Å². The molecule has 3 rings (SSSR count). The molecule has 0 saturated heterocycles. The summed E-state index contributed by atoms with van der Waals surface area (Å²) < 4.78 is 28.0. The standard InChI is InChI=1S/C20H21F2N3OS2.ClH/c1-4-27-15-7-5-13(6-8-15)19(26)25(10-9-24(2)3)20-23-18-16(22)11-14(21)12-17(18)28-20;/h5-8,11-12H,4,9-10H2,1-3H3;1H. The van der Waals surface area contributed by atoms with Gasteiger partial charge in [-0.1, -0.05) is 18.3 Å². The van der Waals surface area contributed by atoms with Crippen LogP contribution in [-0.4, -0.2) is 48.7 Å². The summed E-state index contributed by atoms with van der Waals surface area (Å²) in [6.07, 6.45) is 0. The van der Waals surface area contributed by atoms with Crippen molar-refractivity contribution in [1.82, 2.24) is 9.88 Å². The van der Waals surface area contributed by atoms with Crippen molar-refractivity contribution in [2.45, 2.75) is 11.8 Å². The van der Waals surface area contributed by atoms with Crippen LogP contribution >= 0.6 is 35.5 Å². The number of benzene rings is 2. The van der Waals surface area contributed by atoms with E-state index in [1.165, 1.54) is 11.0 Å². The molecule has 0 bridgehead atoms. The Bertz CT molecular complexity index is 980. The molecule has 1 aromatic heterocycles. The minimum atomic E-state index is -0.724. The zero-order valence-electron chi connectivity index (χ0n) is 16.3. The molecule has 9 heteroatoms. The van der Waals surface area contributed by atoms with Gasteiger partial charge in [0.05, 0.1) is 4.70 Å². The van der Waals surface area contributed by atoms with E-state index in [-0.39, 0.29) is 23.8 Å². The molecule has 0 radical (unpaired) electrons. The lowest BCUT2D eigenvalue weighted by atomic mass is 10.2. The molecule has 29 heavy (non-hydrogen) atoms. The molecular formula is C20H22ClF2N3OS2. The van der Waals surface area contributed by atoms with E-state index < -0.39 is 11.6 Å². The van der Waals surface area contributed by atoms with Gasteiger partial charge in [0.15, 0.2) is 10.9 Å². The maximum atomic E-state index is 14.1. The van der Waals surface area contributed by atoms with Crippen molar-refractivity contribution in [3.63, 3.8) is 0 Å². The van der Waals surface area contributed by atoms with Gasteiger partial charge in [-0.15, -0.1) is 24.2 Å². The molecule has 0 aliphatic carbocycles. The number of halogens is 3. The molecular weight excluding hydrogens is 436 g/mol. The Morgan fingerprint density at radius 1 is 1.14 bits per heavy atom. The molecule has 0 fully saturated rings. The highest BCUT2D eigenvalue weighted by molar-refractivity contribution is 7.99. The molecule has 2 aromatic carbocycles. The number of nitrogens with zero attached hydrogens (tertiary/aromatic N) is 3. The molecule has 0 N–H and O–H groups in total. The van der Waals surface area contributed by atoms with Gasteiger partial charge in [0.2, 0.25) is 0 Å². The largest absolute Gasteiger partial charge is 0.308 e. The summed E-state index contributed by atoms with van der Waals surface area (Å²) in [4.78, 5) is 22.0. The second-order valence-corrected chi connectivity index (χ2v) is 8.79. The van der Waals surface area contributed by atoms with Crippen molar-refractivity contribution in [1.29, 1.82) is 0 Å². The first-order chi connectivity index (χ1) is 13.4. The Morgan fingerprint density at radius 3 is 2.45 bits per heavy atom. The van der Waals surface area contributed by atoms with Crippen LogP contribution in [0.25, 0.3) is 10.2 Å². The van der Waals surface area contributed by atoms with Gasteiger partial charge in [-0.2, -0.15) is 0 Å². The van der Waals surface area contributed by atoms with E-state index in [1.54, 1.807) is 23.9 Å². The topological polar surface area (TPSA) is 36.4 Å². The summed E-state index contributed by atoms with van der Waals surface area (Å²) in [5.74, 6) is -0.639. The first-order valence-electron chi connectivity index (χ1n) is 8.84. The van der Waals surface area contributed by atoms with Gasteiger partial charge in [0.1, 0.15) is 11.3 Å². The van der Waals surface area contributed by atoms with Crippen LogP contribution in [0.15, 0.2) is 41.3 Å². The number of hydrogen-bond acceptors (Lipinski definition) is 5. The van der Waals surface area contributed by atoms with Gasteiger partial charge in [-0.3, -0.25) is 9.69 Å². The number of rotatable bonds is 7. The average molecular weight is 458 g/mol. The zero-order valence-corrected chi connectivity index (χ0v) is 18.8. The highest BCUT2D eigenvalue weighted by Crippen LogP contribution is 2.32. The third-order valence-electron chi connectivity index (χ3n) is 4.06. The maximum absolute atomic E-state index is 14.1. The van der Waals surface area contributed by atoms with E-state index in [9.17, 15) is 13.6 Å². The highest BCUT2D eigenvalue weighted by atomic mass is 35.5. The minimum absolute atomic E-state index is 0. The highest BCUT2D eigenvalue weighted by Gasteiger charge is 2.22. The Balaban J connectivity index is 0.00000300. The normalized spacial score (nSPS) is 11.0. The molecule has 3 aromatic rings. The summed E-state index contributed by atoms with van der Waals surface area (Å²) in [5, 5.41) is 0.360. The molecule has 0 spiro atoms. The molecule has 0 aliphatic heterocycles. The second kappa shape index (κ2) is 10.3. The van der Waals surface area contributed by atoms with Crippen molar-refractivity contribution in [3.8, 4) is 0 Å². The molecule has 0 saturated carbocycles.